The summed E-state index contributed by atoms with van der Waals surface area (Å²) in [5.41, 5.74) is 0.644. The van der Waals surface area contributed by atoms with E-state index in [1.807, 2.05) is 0 Å². The number of nitro benzene ring substituents is 1. The van der Waals surface area contributed by atoms with Gasteiger partial charge in [-0.15, -0.1) is 0 Å². The van der Waals surface area contributed by atoms with Gasteiger partial charge < -0.3 is 4.74 Å². The lowest BCUT2D eigenvalue weighted by atomic mass is 9.77. The van der Waals surface area contributed by atoms with Crippen molar-refractivity contribution in [2.24, 2.45) is 0 Å². The van der Waals surface area contributed by atoms with Crippen molar-refractivity contribution in [3.63, 3.8) is 0 Å². The molecule has 0 N–H and O–H groups in total. The predicted molar refractivity (Wildman–Crippen MR) is 100 cm³/mol. The molecule has 0 aromatic heterocycles. The monoisotopic (exact) mass is 382 g/mol. The van der Waals surface area contributed by atoms with Crippen molar-refractivity contribution in [1.29, 1.82) is 0 Å². The molecular formula is C20H18N2O6. The molecule has 0 amide bonds. The lowest BCUT2D eigenvalue weighted by Crippen LogP contribution is -2.41. The van der Waals surface area contributed by atoms with Crippen LogP contribution in [0, 0.1) is 20.2 Å². The molecule has 0 spiro atoms. The van der Waals surface area contributed by atoms with Gasteiger partial charge in [0.1, 0.15) is 5.76 Å². The van der Waals surface area contributed by atoms with Crippen LogP contribution in [0.15, 0.2) is 65.9 Å². The standard InChI is InChI=1S/C20H18N2O6/c1-12(23)17-13(2)28-20(15-10-6-7-11-16(15)21(24)25)19(22(26)27)18(17)14-8-4-3-5-9-14/h3-11,18-20H,1-2H3. The topological polar surface area (TPSA) is 113 Å². The molecule has 1 aliphatic rings. The maximum Gasteiger partial charge on any atom is 0.276 e. The number of carbonyl (C=O) groups excluding carboxylic acids is 1. The molecule has 1 heterocycles. The Labute approximate surface area is 160 Å². The first kappa shape index (κ1) is 19.2. The number of Topliss-reactive ketones (excluding diaryl/α,β-unsaturated/α-hetero) is 1. The highest BCUT2D eigenvalue weighted by atomic mass is 16.6. The summed E-state index contributed by atoms with van der Waals surface area (Å²) in [6.07, 6.45) is -1.20. The largest absolute Gasteiger partial charge is 0.482 e. The number of ether oxygens (including phenoxy) is 1. The van der Waals surface area contributed by atoms with E-state index in [4.69, 9.17) is 4.74 Å². The number of para-hydroxylation sites is 1. The molecule has 28 heavy (non-hydrogen) atoms. The Kier molecular flexibility index (Phi) is 5.21. The molecule has 2 aromatic rings. The third kappa shape index (κ3) is 3.36. The Hall–Kier alpha value is -3.55. The quantitative estimate of drug-likeness (QED) is 0.571. The fourth-order valence-electron chi connectivity index (χ4n) is 3.75. The van der Waals surface area contributed by atoms with Gasteiger partial charge in [-0.25, -0.2) is 0 Å². The second-order valence-electron chi connectivity index (χ2n) is 6.54. The van der Waals surface area contributed by atoms with E-state index in [1.165, 1.54) is 25.1 Å². The van der Waals surface area contributed by atoms with Crippen molar-refractivity contribution >= 4 is 11.5 Å². The molecule has 0 aliphatic carbocycles. The van der Waals surface area contributed by atoms with Crippen LogP contribution in [0.2, 0.25) is 0 Å². The molecular weight excluding hydrogens is 364 g/mol. The molecule has 8 nitrogen and oxygen atoms in total. The average Bonchev–Trinajstić information content (AvgIpc) is 2.67. The first-order valence-electron chi connectivity index (χ1n) is 8.63. The first-order valence-corrected chi connectivity index (χ1v) is 8.63. The minimum absolute atomic E-state index is 0.108. The number of rotatable bonds is 5. The summed E-state index contributed by atoms with van der Waals surface area (Å²) in [7, 11) is 0. The van der Waals surface area contributed by atoms with Gasteiger partial charge >= 0.3 is 0 Å². The first-order chi connectivity index (χ1) is 13.3. The Bertz CT molecular complexity index is 970. The summed E-state index contributed by atoms with van der Waals surface area (Å²) >= 11 is 0. The van der Waals surface area contributed by atoms with E-state index in [0.717, 1.165) is 0 Å². The van der Waals surface area contributed by atoms with E-state index in [0.29, 0.717) is 5.56 Å². The van der Waals surface area contributed by atoms with Crippen LogP contribution in [0.4, 0.5) is 5.69 Å². The number of hydrogen-bond donors (Lipinski definition) is 0. The zero-order chi connectivity index (χ0) is 20.4. The highest BCUT2D eigenvalue weighted by Gasteiger charge is 2.51. The Morgan fingerprint density at radius 3 is 2.18 bits per heavy atom. The molecule has 1 aliphatic heterocycles. The van der Waals surface area contributed by atoms with Crippen LogP contribution in [0.25, 0.3) is 0 Å². The normalized spacial score (nSPS) is 21.7. The van der Waals surface area contributed by atoms with Crippen LogP contribution in [-0.2, 0) is 9.53 Å². The van der Waals surface area contributed by atoms with Gasteiger partial charge in [0.05, 0.1) is 16.4 Å². The molecule has 2 aromatic carbocycles. The average molecular weight is 382 g/mol. The molecule has 0 saturated carbocycles. The third-order valence-electron chi connectivity index (χ3n) is 4.87. The molecule has 3 rings (SSSR count). The van der Waals surface area contributed by atoms with Crippen molar-refractivity contribution in [2.45, 2.75) is 31.9 Å². The number of ketones is 1. The van der Waals surface area contributed by atoms with Gasteiger partial charge in [0.2, 0.25) is 0 Å². The fraction of sp³-hybridized carbons (Fsp3) is 0.250. The smallest absolute Gasteiger partial charge is 0.276 e. The van der Waals surface area contributed by atoms with Gasteiger partial charge in [0, 0.05) is 16.6 Å². The lowest BCUT2D eigenvalue weighted by Gasteiger charge is -2.35. The zero-order valence-corrected chi connectivity index (χ0v) is 15.3. The summed E-state index contributed by atoms with van der Waals surface area (Å²) < 4.78 is 5.78. The molecule has 0 bridgehead atoms. The highest BCUT2D eigenvalue weighted by molar-refractivity contribution is 5.95. The SMILES string of the molecule is CC(=O)C1=C(C)OC(c2ccccc2[N+](=O)[O-])C([N+](=O)[O-])C1c1ccccc1. The zero-order valence-electron chi connectivity index (χ0n) is 15.3. The van der Waals surface area contributed by atoms with Crippen molar-refractivity contribution in [1.82, 2.24) is 0 Å². The predicted octanol–water partition coefficient (Wildman–Crippen LogP) is 3.96. The van der Waals surface area contributed by atoms with E-state index in [2.05, 4.69) is 0 Å². The van der Waals surface area contributed by atoms with Crippen LogP contribution in [0.5, 0.6) is 0 Å². The minimum Gasteiger partial charge on any atom is -0.482 e. The number of carbonyl (C=O) groups is 1. The van der Waals surface area contributed by atoms with Crippen molar-refractivity contribution in [3.8, 4) is 0 Å². The molecule has 0 fully saturated rings. The summed E-state index contributed by atoms with van der Waals surface area (Å²) in [6.45, 7) is 2.89. The van der Waals surface area contributed by atoms with E-state index in [1.54, 1.807) is 43.3 Å². The maximum atomic E-state index is 12.3. The van der Waals surface area contributed by atoms with E-state index >= 15 is 0 Å². The van der Waals surface area contributed by atoms with E-state index in [-0.39, 0.29) is 28.4 Å². The maximum absolute atomic E-state index is 12.3. The summed E-state index contributed by atoms with van der Waals surface area (Å²) in [6, 6.07) is 13.0. The van der Waals surface area contributed by atoms with Crippen molar-refractivity contribution < 1.29 is 19.4 Å². The summed E-state index contributed by atoms with van der Waals surface area (Å²) in [4.78, 5) is 34.8. The second-order valence-corrected chi connectivity index (χ2v) is 6.54. The summed E-state index contributed by atoms with van der Waals surface area (Å²) in [5.74, 6) is -0.978. The molecule has 144 valence electrons. The van der Waals surface area contributed by atoms with Gasteiger partial charge in [-0.1, -0.05) is 42.5 Å². The molecule has 3 unspecified atom stereocenters. The number of hydrogen-bond acceptors (Lipinski definition) is 6. The number of nitro groups is 2. The Morgan fingerprint density at radius 1 is 1.00 bits per heavy atom. The fourth-order valence-corrected chi connectivity index (χ4v) is 3.75. The van der Waals surface area contributed by atoms with E-state index < -0.39 is 27.9 Å². The van der Waals surface area contributed by atoms with Crippen molar-refractivity contribution in [3.05, 3.63) is 97.3 Å². The highest BCUT2D eigenvalue weighted by Crippen LogP contribution is 2.46. The molecule has 0 saturated heterocycles. The van der Waals surface area contributed by atoms with Gasteiger partial charge in [-0.2, -0.15) is 0 Å². The van der Waals surface area contributed by atoms with Crippen molar-refractivity contribution in [2.75, 3.05) is 0 Å². The van der Waals surface area contributed by atoms with Gasteiger partial charge in [0.25, 0.3) is 11.7 Å². The summed E-state index contributed by atoms with van der Waals surface area (Å²) in [5, 5.41) is 23.6. The number of nitrogens with zero attached hydrogens (tertiary/aromatic N) is 2. The van der Waals surface area contributed by atoms with Crippen LogP contribution < -0.4 is 0 Å². The molecule has 0 radical (unpaired) electrons. The van der Waals surface area contributed by atoms with E-state index in [9.17, 15) is 25.0 Å². The van der Waals surface area contributed by atoms with Crippen LogP contribution in [0.3, 0.4) is 0 Å². The van der Waals surface area contributed by atoms with Gasteiger partial charge in [-0.3, -0.25) is 25.0 Å². The lowest BCUT2D eigenvalue weighted by molar-refractivity contribution is -0.541. The third-order valence-corrected chi connectivity index (χ3v) is 4.87. The molecule has 8 heteroatoms. The Balaban J connectivity index is 2.26. The minimum atomic E-state index is -1.40. The van der Waals surface area contributed by atoms with Crippen LogP contribution >= 0.6 is 0 Å². The van der Waals surface area contributed by atoms with Crippen LogP contribution in [-0.4, -0.2) is 21.7 Å². The number of allylic oxidation sites excluding steroid dienone is 1. The van der Waals surface area contributed by atoms with Gasteiger partial charge in [-0.05, 0) is 25.5 Å². The second kappa shape index (κ2) is 7.59. The van der Waals surface area contributed by atoms with Crippen LogP contribution in [0.1, 0.15) is 37.0 Å². The number of benzene rings is 2. The molecule has 3 atom stereocenters. The Morgan fingerprint density at radius 2 is 1.61 bits per heavy atom. The van der Waals surface area contributed by atoms with Gasteiger partial charge in [0.15, 0.2) is 11.9 Å².